The molecule has 0 fully saturated rings. The van der Waals surface area contributed by atoms with Gasteiger partial charge in [0, 0.05) is 29.1 Å². The maximum Gasteiger partial charge on any atom is 0.264 e. The summed E-state index contributed by atoms with van der Waals surface area (Å²) >= 11 is 12.8. The van der Waals surface area contributed by atoms with Crippen LogP contribution in [0.5, 0.6) is 5.75 Å². The van der Waals surface area contributed by atoms with Crippen LogP contribution in [0.3, 0.4) is 0 Å². The number of amides is 2. The molecule has 4 aromatic carbocycles. The Morgan fingerprint density at radius 2 is 1.57 bits per heavy atom. The Hall–Kier alpha value is -4.05. The number of benzene rings is 4. The van der Waals surface area contributed by atoms with Gasteiger partial charge in [0.05, 0.1) is 17.7 Å². The second-order valence-corrected chi connectivity index (χ2v) is 14.0. The van der Waals surface area contributed by atoms with Crippen LogP contribution in [-0.2, 0) is 32.6 Å². The average molecular weight is 697 g/mol. The Bertz CT molecular complexity index is 1770. The fourth-order valence-electron chi connectivity index (χ4n) is 4.94. The highest BCUT2D eigenvalue weighted by Crippen LogP contribution is 2.28. The first kappa shape index (κ1) is 35.8. The summed E-state index contributed by atoms with van der Waals surface area (Å²) in [4.78, 5) is 30.0. The number of nitrogens with one attached hydrogen (secondary N) is 1. The quantitative estimate of drug-likeness (QED) is 0.152. The van der Waals surface area contributed by atoms with Gasteiger partial charge < -0.3 is 15.0 Å². The van der Waals surface area contributed by atoms with Crippen molar-refractivity contribution >= 4 is 50.7 Å². The van der Waals surface area contributed by atoms with Crippen LogP contribution in [0.25, 0.3) is 0 Å². The highest BCUT2D eigenvalue weighted by atomic mass is 35.5. The van der Waals surface area contributed by atoms with E-state index < -0.39 is 28.5 Å². The van der Waals surface area contributed by atoms with E-state index in [-0.39, 0.29) is 35.5 Å². The van der Waals surface area contributed by atoms with Crippen molar-refractivity contribution in [2.45, 2.75) is 57.1 Å². The maximum absolute atomic E-state index is 14.6. The topological polar surface area (TPSA) is 96.0 Å². The zero-order valence-electron chi connectivity index (χ0n) is 26.8. The van der Waals surface area contributed by atoms with Gasteiger partial charge in [-0.3, -0.25) is 13.9 Å². The van der Waals surface area contributed by atoms with Crippen molar-refractivity contribution in [1.29, 1.82) is 0 Å². The third kappa shape index (κ3) is 9.28. The molecule has 0 aliphatic carbocycles. The van der Waals surface area contributed by atoms with E-state index in [0.29, 0.717) is 27.8 Å². The molecule has 4 aromatic rings. The highest BCUT2D eigenvalue weighted by molar-refractivity contribution is 7.92. The van der Waals surface area contributed by atoms with E-state index in [1.807, 2.05) is 51.1 Å². The van der Waals surface area contributed by atoms with Crippen LogP contribution in [0.15, 0.2) is 102 Å². The number of aryl methyl sites for hydroxylation is 1. The van der Waals surface area contributed by atoms with E-state index in [0.717, 1.165) is 15.4 Å². The number of methoxy groups -OCH3 is 1. The molecular weight excluding hydrogens is 657 g/mol. The molecule has 0 saturated heterocycles. The molecule has 0 aliphatic rings. The molecule has 0 unspecified atom stereocenters. The number of sulfonamides is 1. The largest absolute Gasteiger partial charge is 0.497 e. The van der Waals surface area contributed by atoms with E-state index in [9.17, 15) is 18.0 Å². The summed E-state index contributed by atoms with van der Waals surface area (Å²) in [5, 5.41) is 3.75. The number of halogens is 2. The molecule has 0 spiro atoms. The number of nitrogens with zero attached hydrogens (tertiary/aromatic N) is 2. The van der Waals surface area contributed by atoms with E-state index in [1.165, 1.54) is 24.1 Å². The monoisotopic (exact) mass is 695 g/mol. The molecule has 0 radical (unpaired) electrons. The van der Waals surface area contributed by atoms with Gasteiger partial charge in [0.15, 0.2) is 0 Å². The lowest BCUT2D eigenvalue weighted by Gasteiger charge is -2.34. The van der Waals surface area contributed by atoms with E-state index in [4.69, 9.17) is 27.9 Å². The first-order chi connectivity index (χ1) is 22.4. The van der Waals surface area contributed by atoms with Crippen LogP contribution in [0, 0.1) is 6.92 Å². The molecule has 248 valence electrons. The molecule has 0 heterocycles. The van der Waals surface area contributed by atoms with Crippen LogP contribution < -0.4 is 14.4 Å². The summed E-state index contributed by atoms with van der Waals surface area (Å²) in [6.45, 7) is 5.05. The third-order valence-electron chi connectivity index (χ3n) is 7.88. The second-order valence-electron chi connectivity index (χ2n) is 11.3. The minimum Gasteiger partial charge on any atom is -0.497 e. The number of anilines is 1. The minimum absolute atomic E-state index is 0.0226. The van der Waals surface area contributed by atoms with Crippen molar-refractivity contribution in [1.82, 2.24) is 10.2 Å². The summed E-state index contributed by atoms with van der Waals surface area (Å²) < 4.78 is 34.7. The second kappa shape index (κ2) is 16.2. The van der Waals surface area contributed by atoms with Gasteiger partial charge in [-0.15, -0.1) is 0 Å². The average Bonchev–Trinajstić information content (AvgIpc) is 3.06. The van der Waals surface area contributed by atoms with E-state index in [1.54, 1.807) is 54.6 Å². The first-order valence-corrected chi connectivity index (χ1v) is 17.4. The number of carbonyl (C=O) groups excluding carboxylic acids is 2. The molecule has 0 aliphatic heterocycles. The summed E-state index contributed by atoms with van der Waals surface area (Å²) in [7, 11) is -2.72. The van der Waals surface area contributed by atoms with Gasteiger partial charge in [0.2, 0.25) is 11.8 Å². The smallest absolute Gasteiger partial charge is 0.264 e. The van der Waals surface area contributed by atoms with Crippen LogP contribution in [0.4, 0.5) is 5.69 Å². The zero-order chi connectivity index (χ0) is 34.1. The van der Waals surface area contributed by atoms with Crippen molar-refractivity contribution in [3.8, 4) is 5.75 Å². The van der Waals surface area contributed by atoms with Crippen LogP contribution in [0.1, 0.15) is 37.0 Å². The van der Waals surface area contributed by atoms with Crippen LogP contribution in [0.2, 0.25) is 10.0 Å². The van der Waals surface area contributed by atoms with Gasteiger partial charge in [-0.05, 0) is 79.9 Å². The molecule has 47 heavy (non-hydrogen) atoms. The molecule has 8 nitrogen and oxygen atoms in total. The first-order valence-electron chi connectivity index (χ1n) is 15.2. The molecule has 2 atom stereocenters. The normalized spacial score (nSPS) is 12.6. The lowest BCUT2D eigenvalue weighted by molar-refractivity contribution is -0.140. The minimum atomic E-state index is -4.23. The summed E-state index contributed by atoms with van der Waals surface area (Å²) in [5.74, 6) is -0.432. The number of hydrogen-bond donors (Lipinski definition) is 1. The lowest BCUT2D eigenvalue weighted by atomic mass is 10.0. The van der Waals surface area contributed by atoms with Crippen molar-refractivity contribution in [3.63, 3.8) is 0 Å². The number of carbonyl (C=O) groups is 2. The molecule has 0 saturated carbocycles. The van der Waals surface area contributed by atoms with E-state index >= 15 is 0 Å². The fraction of sp³-hybridized carbons (Fsp3) is 0.278. The third-order valence-corrected chi connectivity index (χ3v) is 10.3. The number of ether oxygens (including phenoxy) is 1. The molecule has 0 bridgehead atoms. The molecule has 11 heteroatoms. The molecular formula is C36H39Cl2N3O5S. The Balaban J connectivity index is 1.83. The Morgan fingerprint density at radius 1 is 0.915 bits per heavy atom. The predicted molar refractivity (Wildman–Crippen MR) is 188 cm³/mol. The molecule has 1 N–H and O–H groups in total. The fourth-order valence-corrected chi connectivity index (χ4v) is 6.83. The van der Waals surface area contributed by atoms with Crippen molar-refractivity contribution in [2.24, 2.45) is 0 Å². The molecule has 0 aromatic heterocycles. The Morgan fingerprint density at radius 3 is 2.17 bits per heavy atom. The molecule has 2 amide bonds. The van der Waals surface area contributed by atoms with Gasteiger partial charge in [0.1, 0.15) is 18.3 Å². The summed E-state index contributed by atoms with van der Waals surface area (Å²) in [6, 6.07) is 25.9. The van der Waals surface area contributed by atoms with Crippen molar-refractivity contribution in [3.05, 3.63) is 124 Å². The zero-order valence-corrected chi connectivity index (χ0v) is 29.1. The van der Waals surface area contributed by atoms with E-state index in [2.05, 4.69) is 5.32 Å². The lowest BCUT2D eigenvalue weighted by Crippen LogP contribution is -2.54. The summed E-state index contributed by atoms with van der Waals surface area (Å²) in [6.07, 6.45) is 0.869. The maximum atomic E-state index is 14.6. The van der Waals surface area contributed by atoms with Crippen molar-refractivity contribution in [2.75, 3.05) is 18.0 Å². The standard InChI is InChI=1S/C36H39Cl2N3O5S/c1-5-26(3)39-36(43)34(21-27-9-7-6-8-10-27)40(23-28-13-14-29(37)22-33(28)38)35(42)24-41(30-15-17-31(46-4)18-16-30)47(44,45)32-19-11-25(2)12-20-32/h6-20,22,26,34H,5,21,23-24H2,1-4H3,(H,39,43)/t26-,34-/m0/s1. The Labute approximate surface area is 287 Å². The van der Waals surface area contributed by atoms with Crippen LogP contribution in [-0.4, -0.2) is 50.9 Å². The Kier molecular flexibility index (Phi) is 12.3. The van der Waals surface area contributed by atoms with Gasteiger partial charge in [-0.1, -0.05) is 84.2 Å². The predicted octanol–water partition coefficient (Wildman–Crippen LogP) is 7.06. The SMILES string of the molecule is CC[C@H](C)NC(=O)[C@H](Cc1ccccc1)N(Cc1ccc(Cl)cc1Cl)C(=O)CN(c1ccc(OC)cc1)S(=O)(=O)c1ccc(C)cc1. The van der Waals surface area contributed by atoms with Crippen LogP contribution >= 0.6 is 23.2 Å². The number of hydrogen-bond acceptors (Lipinski definition) is 5. The van der Waals surface area contributed by atoms with Gasteiger partial charge in [0.25, 0.3) is 10.0 Å². The van der Waals surface area contributed by atoms with Crippen molar-refractivity contribution < 1.29 is 22.7 Å². The van der Waals surface area contributed by atoms with Gasteiger partial charge >= 0.3 is 0 Å². The van der Waals surface area contributed by atoms with Gasteiger partial charge in [-0.25, -0.2) is 8.42 Å². The molecule has 4 rings (SSSR count). The van der Waals surface area contributed by atoms with Gasteiger partial charge in [-0.2, -0.15) is 0 Å². The number of rotatable bonds is 14. The highest BCUT2D eigenvalue weighted by Gasteiger charge is 2.35. The summed E-state index contributed by atoms with van der Waals surface area (Å²) in [5.41, 5.74) is 2.53.